The fraction of sp³-hybridized carbons (Fsp3) is 0.467. The predicted molar refractivity (Wildman–Crippen MR) is 157 cm³/mol. The highest BCUT2D eigenvalue weighted by Gasteiger charge is 2.37. The number of aromatic nitrogens is 2. The largest absolute Gasteiger partial charge is 0.391 e. The third-order valence-corrected chi connectivity index (χ3v) is 8.23. The molecule has 0 spiro atoms. The summed E-state index contributed by atoms with van der Waals surface area (Å²) >= 11 is 0. The number of oxime groups is 1. The zero-order valence-corrected chi connectivity index (χ0v) is 24.3. The van der Waals surface area contributed by atoms with Crippen molar-refractivity contribution in [1.29, 1.82) is 5.41 Å². The molecule has 1 atom stereocenters. The zero-order chi connectivity index (χ0) is 27.1. The number of nitrogens with two attached hydrogens (primary N) is 1. The number of guanidine groups is 1. The number of fused-ring (bicyclic) bond motifs is 1. The molecule has 39 heavy (non-hydrogen) atoms. The van der Waals surface area contributed by atoms with Crippen molar-refractivity contribution in [3.05, 3.63) is 70.6 Å². The van der Waals surface area contributed by atoms with E-state index in [-0.39, 0.29) is 35.1 Å². The lowest BCUT2D eigenvalue weighted by molar-refractivity contribution is 0.130. The van der Waals surface area contributed by atoms with Crippen LogP contribution in [0.15, 0.2) is 52.1 Å². The van der Waals surface area contributed by atoms with E-state index in [1.165, 1.54) is 24.0 Å². The minimum absolute atomic E-state index is 0. The van der Waals surface area contributed by atoms with Gasteiger partial charge in [-0.25, -0.2) is 0 Å². The third kappa shape index (κ3) is 5.96. The Morgan fingerprint density at radius 1 is 1.10 bits per heavy atom. The number of rotatable bonds is 6. The number of hydrogen-bond acceptors (Lipinski definition) is 6. The normalized spacial score (nSPS) is 19.8. The van der Waals surface area contributed by atoms with Gasteiger partial charge in [0.15, 0.2) is 5.96 Å². The first-order valence-electron chi connectivity index (χ1n) is 13.4. The molecule has 1 saturated heterocycles. The molecule has 1 aliphatic heterocycles. The first-order chi connectivity index (χ1) is 18.0. The van der Waals surface area contributed by atoms with E-state index < -0.39 is 0 Å². The van der Waals surface area contributed by atoms with Gasteiger partial charge in [-0.2, -0.15) is 4.98 Å². The van der Waals surface area contributed by atoms with Crippen LogP contribution in [0.2, 0.25) is 0 Å². The molecule has 1 aliphatic carbocycles. The van der Waals surface area contributed by atoms with E-state index in [9.17, 15) is 0 Å². The van der Waals surface area contributed by atoms with Gasteiger partial charge in [-0.15, -0.1) is 12.4 Å². The van der Waals surface area contributed by atoms with Gasteiger partial charge in [-0.3, -0.25) is 5.41 Å². The fourth-order valence-electron chi connectivity index (χ4n) is 5.54. The number of benzene rings is 2. The maximum absolute atomic E-state index is 7.60. The Bertz CT molecular complexity index is 1360. The van der Waals surface area contributed by atoms with Crippen molar-refractivity contribution in [3.63, 3.8) is 0 Å². The Balaban J connectivity index is 0.00000353. The summed E-state index contributed by atoms with van der Waals surface area (Å²) in [7, 11) is 0. The molecule has 0 unspecified atom stereocenters. The van der Waals surface area contributed by atoms with Crippen LogP contribution >= 0.6 is 12.4 Å². The SMILES string of the molecule is CC(=NOCc1ccc2c(c1)C(C)(C)CCC2(C)C)c1ccc(-c2noc([C@@H]3CCN(C(=N)N)C3)n2)cc1.Cl. The van der Waals surface area contributed by atoms with Gasteiger partial charge in [-0.05, 0) is 59.3 Å². The van der Waals surface area contributed by atoms with E-state index in [4.69, 9.17) is 20.5 Å². The Morgan fingerprint density at radius 3 is 2.46 bits per heavy atom. The average molecular weight is 551 g/mol. The molecule has 1 fully saturated rings. The Kier molecular flexibility index (Phi) is 8.07. The van der Waals surface area contributed by atoms with Crippen LogP contribution < -0.4 is 5.73 Å². The van der Waals surface area contributed by atoms with Crippen LogP contribution in [0, 0.1) is 5.41 Å². The van der Waals surface area contributed by atoms with E-state index in [2.05, 4.69) is 61.2 Å². The highest BCUT2D eigenvalue weighted by molar-refractivity contribution is 5.98. The van der Waals surface area contributed by atoms with Gasteiger partial charge < -0.3 is 20.0 Å². The summed E-state index contributed by atoms with van der Waals surface area (Å²) < 4.78 is 5.52. The quantitative estimate of drug-likeness (QED) is 0.217. The molecule has 2 aliphatic rings. The lowest BCUT2D eigenvalue weighted by Gasteiger charge is -2.42. The van der Waals surface area contributed by atoms with Crippen molar-refractivity contribution < 1.29 is 9.36 Å². The highest BCUT2D eigenvalue weighted by Crippen LogP contribution is 2.46. The highest BCUT2D eigenvalue weighted by atomic mass is 35.5. The molecule has 2 aromatic carbocycles. The van der Waals surface area contributed by atoms with Gasteiger partial charge in [0.05, 0.1) is 11.6 Å². The summed E-state index contributed by atoms with van der Waals surface area (Å²) in [6.45, 7) is 13.1. The molecule has 2 heterocycles. The van der Waals surface area contributed by atoms with Crippen LogP contribution in [0.3, 0.4) is 0 Å². The van der Waals surface area contributed by atoms with Crippen molar-refractivity contribution in [2.45, 2.75) is 77.2 Å². The number of halogens is 1. The molecule has 3 N–H and O–H groups in total. The summed E-state index contributed by atoms with van der Waals surface area (Å²) in [5.41, 5.74) is 12.7. The van der Waals surface area contributed by atoms with E-state index in [0.29, 0.717) is 24.9 Å². The number of likely N-dealkylation sites (tertiary alicyclic amines) is 1. The average Bonchev–Trinajstić information content (AvgIpc) is 3.57. The molecular formula is C30H39ClN6O2. The lowest BCUT2D eigenvalue weighted by atomic mass is 9.63. The van der Waals surface area contributed by atoms with Gasteiger partial charge in [0.2, 0.25) is 11.7 Å². The van der Waals surface area contributed by atoms with Crippen molar-refractivity contribution >= 4 is 24.1 Å². The zero-order valence-electron chi connectivity index (χ0n) is 23.5. The van der Waals surface area contributed by atoms with E-state index in [1.807, 2.05) is 36.1 Å². The molecule has 208 valence electrons. The number of nitrogens with one attached hydrogen (secondary N) is 1. The van der Waals surface area contributed by atoms with Crippen molar-refractivity contribution in [1.82, 2.24) is 15.0 Å². The van der Waals surface area contributed by atoms with Crippen LogP contribution in [0.25, 0.3) is 11.4 Å². The molecule has 0 radical (unpaired) electrons. The minimum atomic E-state index is 0. The summed E-state index contributed by atoms with van der Waals surface area (Å²) in [6, 6.07) is 14.7. The second-order valence-corrected chi connectivity index (χ2v) is 11.9. The molecule has 5 rings (SSSR count). The van der Waals surface area contributed by atoms with E-state index in [0.717, 1.165) is 35.4 Å². The molecule has 8 nitrogen and oxygen atoms in total. The van der Waals surface area contributed by atoms with Crippen LogP contribution in [-0.4, -0.2) is 39.8 Å². The van der Waals surface area contributed by atoms with Gasteiger partial charge in [0, 0.05) is 18.7 Å². The first-order valence-corrected chi connectivity index (χ1v) is 13.4. The number of hydrogen-bond donors (Lipinski definition) is 2. The van der Waals surface area contributed by atoms with Crippen LogP contribution in [0.1, 0.15) is 87.9 Å². The van der Waals surface area contributed by atoms with E-state index >= 15 is 0 Å². The maximum Gasteiger partial charge on any atom is 0.231 e. The van der Waals surface area contributed by atoms with E-state index in [1.54, 1.807) is 0 Å². The molecule has 0 saturated carbocycles. The topological polar surface area (TPSA) is 114 Å². The summed E-state index contributed by atoms with van der Waals surface area (Å²) in [5.74, 6) is 1.32. The standard InChI is InChI=1S/C30H38N6O2.ClH/c1-19(34-37-18-20-6-11-24-25(16-20)30(4,5)14-13-29(24,2)3)21-7-9-22(10-8-21)26-33-27(38-35-26)23-12-15-36(17-23)28(31)32;/h6-11,16,23H,12-15,17-18H2,1-5H3,(H3,31,32);1H/t23-;/m1./s1. The van der Waals surface area contributed by atoms with Gasteiger partial charge in [0.25, 0.3) is 0 Å². The Labute approximate surface area is 236 Å². The van der Waals surface area contributed by atoms with Crippen LogP contribution in [0.4, 0.5) is 0 Å². The van der Waals surface area contributed by atoms with Gasteiger partial charge >= 0.3 is 0 Å². The Morgan fingerprint density at radius 2 is 1.79 bits per heavy atom. The smallest absolute Gasteiger partial charge is 0.231 e. The Hall–Kier alpha value is -3.39. The van der Waals surface area contributed by atoms with Crippen molar-refractivity contribution in [2.24, 2.45) is 10.9 Å². The maximum atomic E-state index is 7.60. The van der Waals surface area contributed by atoms with Crippen molar-refractivity contribution in [3.8, 4) is 11.4 Å². The van der Waals surface area contributed by atoms with Gasteiger partial charge in [0.1, 0.15) is 6.61 Å². The lowest BCUT2D eigenvalue weighted by Crippen LogP contribution is -2.34. The molecule has 9 heteroatoms. The molecular weight excluding hydrogens is 512 g/mol. The predicted octanol–water partition coefficient (Wildman–Crippen LogP) is 6.13. The van der Waals surface area contributed by atoms with Gasteiger partial charge in [-0.1, -0.05) is 80.5 Å². The molecule has 3 aromatic rings. The fourth-order valence-corrected chi connectivity index (χ4v) is 5.54. The third-order valence-electron chi connectivity index (χ3n) is 8.23. The summed E-state index contributed by atoms with van der Waals surface area (Å²) in [6.07, 6.45) is 3.24. The minimum Gasteiger partial charge on any atom is -0.391 e. The molecule has 0 bridgehead atoms. The monoisotopic (exact) mass is 550 g/mol. The van der Waals surface area contributed by atoms with Crippen LogP contribution in [0.5, 0.6) is 0 Å². The van der Waals surface area contributed by atoms with Crippen LogP contribution in [-0.2, 0) is 22.3 Å². The molecule has 0 amide bonds. The van der Waals surface area contributed by atoms with Crippen molar-refractivity contribution in [2.75, 3.05) is 13.1 Å². The molecule has 1 aromatic heterocycles. The summed E-state index contributed by atoms with van der Waals surface area (Å²) in [4.78, 5) is 12.2. The first kappa shape index (κ1) is 28.6. The second kappa shape index (κ2) is 11.0. The second-order valence-electron chi connectivity index (χ2n) is 11.9. The summed E-state index contributed by atoms with van der Waals surface area (Å²) in [5, 5.41) is 16.1. The number of nitrogens with zero attached hydrogens (tertiary/aromatic N) is 4.